The second-order valence-electron chi connectivity index (χ2n) is 4.38. The van der Waals surface area contributed by atoms with E-state index in [1.165, 1.54) is 12.2 Å². The zero-order valence-electron chi connectivity index (χ0n) is 10.3. The van der Waals surface area contributed by atoms with Crippen molar-refractivity contribution in [3.8, 4) is 0 Å². The number of hydrogen-bond donors (Lipinski definition) is 0. The summed E-state index contributed by atoms with van der Waals surface area (Å²) in [4.78, 5) is 11.3. The van der Waals surface area contributed by atoms with Crippen molar-refractivity contribution in [2.24, 2.45) is 0 Å². The molecule has 0 saturated heterocycles. The summed E-state index contributed by atoms with van der Waals surface area (Å²) in [6.07, 6.45) is 2.63. The van der Waals surface area contributed by atoms with Gasteiger partial charge in [-0.15, -0.1) is 0 Å². The van der Waals surface area contributed by atoms with Crippen LogP contribution in [0, 0.1) is 0 Å². The van der Waals surface area contributed by atoms with Crippen LogP contribution in [0.5, 0.6) is 0 Å². The molecule has 0 bridgehead atoms. The lowest BCUT2D eigenvalue weighted by Gasteiger charge is -2.19. The van der Waals surface area contributed by atoms with Crippen molar-refractivity contribution in [2.75, 3.05) is 16.8 Å². The Morgan fingerprint density at radius 3 is 2.25 bits per heavy atom. The Labute approximate surface area is 115 Å². The molecule has 0 aliphatic carbocycles. The van der Waals surface area contributed by atoms with Crippen molar-refractivity contribution in [3.05, 3.63) is 0 Å². The second kappa shape index (κ2) is 9.66. The maximum Gasteiger partial charge on any atom is 0.306 e. The van der Waals surface area contributed by atoms with Crippen molar-refractivity contribution >= 4 is 43.5 Å². The van der Waals surface area contributed by atoms with Crippen LogP contribution in [0.15, 0.2) is 0 Å². The molecule has 5 heteroatoms. The van der Waals surface area contributed by atoms with Gasteiger partial charge in [-0.2, -0.15) is 0 Å². The summed E-state index contributed by atoms with van der Waals surface area (Å²) in [5, 5.41) is 1.07. The van der Waals surface area contributed by atoms with Gasteiger partial charge in [-0.05, 0) is 33.6 Å². The fourth-order valence-corrected chi connectivity index (χ4v) is 3.73. The van der Waals surface area contributed by atoms with E-state index < -0.39 is 0 Å². The molecule has 0 heterocycles. The number of alkyl halides is 1. The Kier molecular flexibility index (Phi) is 10.0. The number of rotatable bonds is 8. The molecular formula is C11H21BrO2S2. The average molecular weight is 329 g/mol. The Bertz CT molecular complexity index is 193. The molecule has 0 atom stereocenters. The minimum absolute atomic E-state index is 0.0847. The largest absolute Gasteiger partial charge is 0.460 e. The van der Waals surface area contributed by atoms with Crippen LogP contribution in [0.2, 0.25) is 0 Å². The monoisotopic (exact) mass is 328 g/mol. The topological polar surface area (TPSA) is 26.3 Å². The molecule has 0 radical (unpaired) electrons. The third-order valence-electron chi connectivity index (χ3n) is 1.47. The Morgan fingerprint density at radius 1 is 1.19 bits per heavy atom. The molecule has 0 amide bonds. The Hall–Kier alpha value is 0.650. The molecule has 0 aliphatic heterocycles. The van der Waals surface area contributed by atoms with E-state index in [-0.39, 0.29) is 11.6 Å². The fourth-order valence-electron chi connectivity index (χ4n) is 0.899. The summed E-state index contributed by atoms with van der Waals surface area (Å²) < 4.78 is 5.22. The lowest BCUT2D eigenvalue weighted by atomic mass is 10.2. The standard InChI is InChI=1S/C11H21BrO2S2/c1-11(2,3)14-10(13)6-4-8-15-16-9-5-7-12/h4-9H2,1-3H3. The van der Waals surface area contributed by atoms with Gasteiger partial charge in [-0.1, -0.05) is 37.5 Å². The van der Waals surface area contributed by atoms with E-state index in [4.69, 9.17) is 4.74 Å². The van der Waals surface area contributed by atoms with Gasteiger partial charge in [-0.3, -0.25) is 4.79 Å². The number of carbonyl (C=O) groups excluding carboxylic acids is 1. The lowest BCUT2D eigenvalue weighted by Crippen LogP contribution is -2.23. The highest BCUT2D eigenvalue weighted by Crippen LogP contribution is 2.23. The first-order valence-electron chi connectivity index (χ1n) is 5.48. The van der Waals surface area contributed by atoms with Gasteiger partial charge in [0.25, 0.3) is 0 Å². The van der Waals surface area contributed by atoms with Gasteiger partial charge in [0, 0.05) is 23.3 Å². The molecule has 0 aromatic carbocycles. The number of hydrogen-bond acceptors (Lipinski definition) is 4. The molecule has 0 saturated carbocycles. The van der Waals surface area contributed by atoms with E-state index in [9.17, 15) is 4.79 Å². The van der Waals surface area contributed by atoms with E-state index in [0.29, 0.717) is 6.42 Å². The first-order valence-corrected chi connectivity index (χ1v) is 9.09. The fraction of sp³-hybridized carbons (Fsp3) is 0.909. The SMILES string of the molecule is CC(C)(C)OC(=O)CCCSSCCCBr. The normalized spacial score (nSPS) is 11.5. The molecule has 0 aromatic rings. The first-order chi connectivity index (χ1) is 7.45. The maximum atomic E-state index is 11.3. The predicted octanol–water partition coefficient (Wildman–Crippen LogP) is 4.27. The van der Waals surface area contributed by atoms with E-state index in [0.717, 1.165) is 17.5 Å². The van der Waals surface area contributed by atoms with Crippen molar-refractivity contribution in [2.45, 2.75) is 45.6 Å². The molecule has 2 nitrogen and oxygen atoms in total. The van der Waals surface area contributed by atoms with Gasteiger partial charge in [0.15, 0.2) is 0 Å². The van der Waals surface area contributed by atoms with Gasteiger partial charge < -0.3 is 4.74 Å². The highest BCUT2D eigenvalue weighted by Gasteiger charge is 2.15. The van der Waals surface area contributed by atoms with Crippen LogP contribution in [-0.4, -0.2) is 28.4 Å². The molecule has 96 valence electrons. The van der Waals surface area contributed by atoms with Crippen LogP contribution in [0.3, 0.4) is 0 Å². The van der Waals surface area contributed by atoms with Crippen molar-refractivity contribution in [3.63, 3.8) is 0 Å². The van der Waals surface area contributed by atoms with Crippen LogP contribution >= 0.6 is 37.5 Å². The van der Waals surface area contributed by atoms with Crippen molar-refractivity contribution in [1.29, 1.82) is 0 Å². The first kappa shape index (κ1) is 16.6. The van der Waals surface area contributed by atoms with E-state index in [1.54, 1.807) is 0 Å². The lowest BCUT2D eigenvalue weighted by molar-refractivity contribution is -0.154. The summed E-state index contributed by atoms with van der Waals surface area (Å²) in [6.45, 7) is 5.70. The molecule has 0 fully saturated rings. The van der Waals surface area contributed by atoms with E-state index in [1.807, 2.05) is 42.4 Å². The highest BCUT2D eigenvalue weighted by molar-refractivity contribution is 9.09. The van der Waals surface area contributed by atoms with Crippen LogP contribution < -0.4 is 0 Å². The smallest absolute Gasteiger partial charge is 0.306 e. The van der Waals surface area contributed by atoms with Gasteiger partial charge in [0.2, 0.25) is 0 Å². The quantitative estimate of drug-likeness (QED) is 0.287. The zero-order chi connectivity index (χ0) is 12.4. The van der Waals surface area contributed by atoms with Gasteiger partial charge >= 0.3 is 5.97 Å². The molecule has 0 spiro atoms. The van der Waals surface area contributed by atoms with Gasteiger partial charge in [0.1, 0.15) is 5.60 Å². The third kappa shape index (κ3) is 12.7. The van der Waals surface area contributed by atoms with E-state index in [2.05, 4.69) is 15.9 Å². The number of esters is 1. The summed E-state index contributed by atoms with van der Waals surface area (Å²) in [5.74, 6) is 2.10. The molecule has 0 unspecified atom stereocenters. The number of halogens is 1. The Balaban J connectivity index is 3.28. The van der Waals surface area contributed by atoms with Crippen LogP contribution in [-0.2, 0) is 9.53 Å². The van der Waals surface area contributed by atoms with Gasteiger partial charge in [-0.25, -0.2) is 0 Å². The minimum Gasteiger partial charge on any atom is -0.460 e. The maximum absolute atomic E-state index is 11.3. The van der Waals surface area contributed by atoms with Crippen LogP contribution in [0.1, 0.15) is 40.0 Å². The summed E-state index contributed by atoms with van der Waals surface area (Å²) in [7, 11) is 3.72. The predicted molar refractivity (Wildman–Crippen MR) is 78.4 cm³/mol. The van der Waals surface area contributed by atoms with Crippen molar-refractivity contribution < 1.29 is 9.53 Å². The molecule has 16 heavy (non-hydrogen) atoms. The van der Waals surface area contributed by atoms with Crippen LogP contribution in [0.25, 0.3) is 0 Å². The number of carbonyl (C=O) groups is 1. The number of ether oxygens (including phenoxy) is 1. The minimum atomic E-state index is -0.352. The molecular weight excluding hydrogens is 308 g/mol. The molecule has 0 aromatic heterocycles. The molecule has 0 N–H and O–H groups in total. The summed E-state index contributed by atoms with van der Waals surface area (Å²) in [5.41, 5.74) is -0.352. The highest BCUT2D eigenvalue weighted by atomic mass is 79.9. The van der Waals surface area contributed by atoms with Crippen molar-refractivity contribution in [1.82, 2.24) is 0 Å². The molecule has 0 rings (SSSR count). The zero-order valence-corrected chi connectivity index (χ0v) is 13.5. The van der Waals surface area contributed by atoms with E-state index >= 15 is 0 Å². The second-order valence-corrected chi connectivity index (χ2v) is 7.87. The average Bonchev–Trinajstić information content (AvgIpc) is 2.13. The Morgan fingerprint density at radius 2 is 1.75 bits per heavy atom. The summed E-state index contributed by atoms with van der Waals surface area (Å²) >= 11 is 3.40. The third-order valence-corrected chi connectivity index (χ3v) is 4.61. The van der Waals surface area contributed by atoms with Gasteiger partial charge in [0.05, 0.1) is 0 Å². The van der Waals surface area contributed by atoms with Crippen LogP contribution in [0.4, 0.5) is 0 Å². The molecule has 0 aliphatic rings. The summed E-state index contributed by atoms with van der Waals surface area (Å²) in [6, 6.07) is 0.